The second-order valence-electron chi connectivity index (χ2n) is 5.71. The number of nitrogens with one attached hydrogen (secondary N) is 1. The van der Waals surface area contributed by atoms with Gasteiger partial charge in [0.2, 0.25) is 0 Å². The second-order valence-corrected chi connectivity index (χ2v) is 7.04. The molecule has 1 aromatic carbocycles. The largest absolute Gasteiger partial charge is 0.320 e. The highest BCUT2D eigenvalue weighted by molar-refractivity contribution is 9.10. The minimum atomic E-state index is 0.404. The average molecular weight is 360 g/mol. The number of benzene rings is 1. The van der Waals surface area contributed by atoms with Gasteiger partial charge in [0.15, 0.2) is 0 Å². The molecule has 2 rings (SSSR count). The van der Waals surface area contributed by atoms with Crippen LogP contribution in [0.2, 0.25) is 5.02 Å². The van der Waals surface area contributed by atoms with E-state index in [9.17, 15) is 0 Å². The summed E-state index contributed by atoms with van der Waals surface area (Å²) in [7, 11) is 2.03. The van der Waals surface area contributed by atoms with E-state index in [4.69, 9.17) is 11.6 Å². The molecule has 0 aliphatic carbocycles. The van der Waals surface area contributed by atoms with Crippen molar-refractivity contribution in [3.8, 4) is 0 Å². The lowest BCUT2D eigenvalue weighted by Crippen LogP contribution is -2.36. The van der Waals surface area contributed by atoms with E-state index >= 15 is 0 Å². The van der Waals surface area contributed by atoms with Gasteiger partial charge < -0.3 is 5.32 Å². The van der Waals surface area contributed by atoms with Gasteiger partial charge in [0.25, 0.3) is 0 Å². The molecule has 1 aliphatic heterocycles. The number of nitrogens with zero attached hydrogens (tertiary/aromatic N) is 1. The first-order chi connectivity index (χ1) is 9.61. The molecular weight excluding hydrogens is 336 g/mol. The first kappa shape index (κ1) is 16.3. The maximum atomic E-state index is 6.38. The fourth-order valence-corrected chi connectivity index (χ4v) is 3.85. The lowest BCUT2D eigenvalue weighted by molar-refractivity contribution is 0.137. The van der Waals surface area contributed by atoms with E-state index in [0.717, 1.165) is 22.0 Å². The fourth-order valence-electron chi connectivity index (χ4n) is 3.01. The number of hydrogen-bond acceptors (Lipinski definition) is 2. The third-order valence-electron chi connectivity index (χ3n) is 4.41. The fraction of sp³-hybridized carbons (Fsp3) is 0.625. The van der Waals surface area contributed by atoms with Crippen LogP contribution in [0.25, 0.3) is 0 Å². The zero-order chi connectivity index (χ0) is 14.5. The van der Waals surface area contributed by atoms with Gasteiger partial charge in [0.1, 0.15) is 0 Å². The van der Waals surface area contributed by atoms with Crippen molar-refractivity contribution < 1.29 is 0 Å². The Bertz CT molecular complexity index is 430. The summed E-state index contributed by atoms with van der Waals surface area (Å²) >= 11 is 9.85. The Morgan fingerprint density at radius 2 is 2.10 bits per heavy atom. The van der Waals surface area contributed by atoms with E-state index in [1.165, 1.54) is 37.9 Å². The lowest BCUT2D eigenvalue weighted by Gasteiger charge is -2.36. The van der Waals surface area contributed by atoms with Gasteiger partial charge in [0, 0.05) is 15.5 Å². The van der Waals surface area contributed by atoms with Crippen LogP contribution in [0.4, 0.5) is 0 Å². The van der Waals surface area contributed by atoms with Crippen LogP contribution in [0, 0.1) is 5.92 Å². The molecule has 112 valence electrons. The minimum Gasteiger partial charge on any atom is -0.320 e. The number of hydrogen-bond donors (Lipinski definition) is 1. The Balaban J connectivity index is 1.92. The van der Waals surface area contributed by atoms with Crippen LogP contribution in [0.3, 0.4) is 0 Å². The Hall–Kier alpha value is -0.0900. The molecule has 0 amide bonds. The Kier molecular flexibility index (Phi) is 6.34. The van der Waals surface area contributed by atoms with Gasteiger partial charge >= 0.3 is 0 Å². The molecule has 4 heteroatoms. The van der Waals surface area contributed by atoms with Gasteiger partial charge in [-0.15, -0.1) is 0 Å². The van der Waals surface area contributed by atoms with Gasteiger partial charge in [-0.2, -0.15) is 0 Å². The number of likely N-dealkylation sites (tertiary alicyclic amines) is 1. The first-order valence-corrected chi connectivity index (χ1v) is 8.62. The molecule has 1 aromatic rings. The normalized spacial score (nSPS) is 19.2. The molecule has 1 heterocycles. The van der Waals surface area contributed by atoms with Crippen molar-refractivity contribution in [2.75, 3.05) is 26.7 Å². The summed E-state index contributed by atoms with van der Waals surface area (Å²) in [6.07, 6.45) is 3.91. The molecule has 20 heavy (non-hydrogen) atoms. The van der Waals surface area contributed by atoms with E-state index in [-0.39, 0.29) is 0 Å². The summed E-state index contributed by atoms with van der Waals surface area (Å²) in [5, 5.41) is 4.12. The van der Waals surface area contributed by atoms with E-state index in [2.05, 4.69) is 45.2 Å². The highest BCUT2D eigenvalue weighted by Gasteiger charge is 2.24. The molecular formula is C16H24BrClN2. The Labute approximate surface area is 136 Å². The van der Waals surface area contributed by atoms with Crippen LogP contribution >= 0.6 is 27.5 Å². The van der Waals surface area contributed by atoms with Crippen LogP contribution in [0.15, 0.2) is 22.7 Å². The van der Waals surface area contributed by atoms with Gasteiger partial charge in [-0.05, 0) is 76.5 Å². The molecule has 0 aromatic heterocycles. The highest BCUT2D eigenvalue weighted by atomic mass is 79.9. The van der Waals surface area contributed by atoms with E-state index in [1.54, 1.807) is 0 Å². The third kappa shape index (κ3) is 4.20. The van der Waals surface area contributed by atoms with Crippen molar-refractivity contribution in [2.45, 2.75) is 32.2 Å². The van der Waals surface area contributed by atoms with Crippen LogP contribution in [-0.2, 0) is 0 Å². The molecule has 1 unspecified atom stereocenters. The van der Waals surface area contributed by atoms with E-state index < -0.39 is 0 Å². The van der Waals surface area contributed by atoms with Gasteiger partial charge in [-0.1, -0.05) is 33.6 Å². The van der Waals surface area contributed by atoms with Crippen LogP contribution in [-0.4, -0.2) is 31.6 Å². The Morgan fingerprint density at radius 1 is 1.40 bits per heavy atom. The zero-order valence-electron chi connectivity index (χ0n) is 12.3. The van der Waals surface area contributed by atoms with Crippen LogP contribution in [0.1, 0.15) is 37.8 Å². The maximum Gasteiger partial charge on any atom is 0.0464 e. The Morgan fingerprint density at radius 3 is 2.70 bits per heavy atom. The van der Waals surface area contributed by atoms with Crippen LogP contribution in [0.5, 0.6) is 0 Å². The topological polar surface area (TPSA) is 15.3 Å². The molecule has 0 bridgehead atoms. The SMILES string of the molecule is CNCCC1CCN(C(C)c2ccc(Br)cc2Cl)CC1. The number of piperidine rings is 1. The van der Waals surface area contributed by atoms with E-state index in [0.29, 0.717) is 6.04 Å². The predicted octanol–water partition coefficient (Wildman–Crippen LogP) is 4.49. The standard InChI is InChI=1S/C16H24BrClN2/c1-12(15-4-3-14(17)11-16(15)18)20-9-6-13(7-10-20)5-8-19-2/h3-4,11-13,19H,5-10H2,1-2H3. The summed E-state index contributed by atoms with van der Waals surface area (Å²) in [5.74, 6) is 0.881. The smallest absolute Gasteiger partial charge is 0.0464 e. The molecule has 1 atom stereocenters. The molecule has 1 aliphatic rings. The molecule has 0 radical (unpaired) electrons. The maximum absolute atomic E-state index is 6.38. The van der Waals surface area contributed by atoms with Gasteiger partial charge in [0.05, 0.1) is 0 Å². The van der Waals surface area contributed by atoms with Crippen molar-refractivity contribution in [3.63, 3.8) is 0 Å². The quantitative estimate of drug-likeness (QED) is 0.833. The second kappa shape index (κ2) is 7.79. The number of rotatable bonds is 5. The molecule has 1 fully saturated rings. The lowest BCUT2D eigenvalue weighted by atomic mass is 9.92. The number of halogens is 2. The van der Waals surface area contributed by atoms with Crippen molar-refractivity contribution in [1.82, 2.24) is 10.2 Å². The van der Waals surface area contributed by atoms with Crippen molar-refractivity contribution >= 4 is 27.5 Å². The molecule has 1 N–H and O–H groups in total. The van der Waals surface area contributed by atoms with E-state index in [1.807, 2.05) is 13.1 Å². The summed E-state index contributed by atoms with van der Waals surface area (Å²) < 4.78 is 1.05. The molecule has 2 nitrogen and oxygen atoms in total. The van der Waals surface area contributed by atoms with Crippen LogP contribution < -0.4 is 5.32 Å². The molecule has 0 saturated carbocycles. The minimum absolute atomic E-state index is 0.404. The van der Waals surface area contributed by atoms with Crippen molar-refractivity contribution in [3.05, 3.63) is 33.3 Å². The summed E-state index contributed by atoms with van der Waals surface area (Å²) in [6, 6.07) is 6.62. The zero-order valence-corrected chi connectivity index (χ0v) is 14.7. The van der Waals surface area contributed by atoms with Gasteiger partial charge in [-0.3, -0.25) is 4.90 Å². The highest BCUT2D eigenvalue weighted by Crippen LogP contribution is 2.32. The third-order valence-corrected chi connectivity index (χ3v) is 5.23. The monoisotopic (exact) mass is 358 g/mol. The summed E-state index contributed by atoms with van der Waals surface area (Å²) in [6.45, 7) is 5.77. The molecule has 0 spiro atoms. The summed E-state index contributed by atoms with van der Waals surface area (Å²) in [5.41, 5.74) is 1.24. The summed E-state index contributed by atoms with van der Waals surface area (Å²) in [4.78, 5) is 2.56. The predicted molar refractivity (Wildman–Crippen MR) is 90.4 cm³/mol. The molecule has 1 saturated heterocycles. The average Bonchev–Trinajstić information content (AvgIpc) is 2.45. The van der Waals surface area contributed by atoms with Crippen molar-refractivity contribution in [2.24, 2.45) is 5.92 Å². The van der Waals surface area contributed by atoms with Gasteiger partial charge in [-0.25, -0.2) is 0 Å². The van der Waals surface area contributed by atoms with Crippen molar-refractivity contribution in [1.29, 1.82) is 0 Å². The first-order valence-electron chi connectivity index (χ1n) is 7.45.